The Balaban J connectivity index is 1.78. The molecule has 0 spiro atoms. The van der Waals surface area contributed by atoms with Crippen LogP contribution >= 0.6 is 0 Å². The van der Waals surface area contributed by atoms with Crippen molar-refractivity contribution in [3.05, 3.63) is 47.0 Å². The number of rotatable bonds is 4. The Morgan fingerprint density at radius 3 is 2.60 bits per heavy atom. The van der Waals surface area contributed by atoms with Crippen molar-refractivity contribution >= 4 is 5.91 Å². The minimum Gasteiger partial charge on any atom is -0.333 e. The second kappa shape index (κ2) is 7.31. The fraction of sp³-hybridized carbons (Fsp3) is 0.500. The van der Waals surface area contributed by atoms with Crippen LogP contribution in [0.25, 0.3) is 0 Å². The minimum atomic E-state index is -0.286. The summed E-state index contributed by atoms with van der Waals surface area (Å²) in [5, 5.41) is 11.7. The summed E-state index contributed by atoms with van der Waals surface area (Å²) in [6, 6.07) is 6.31. The molecule has 1 aromatic carbocycles. The molecule has 3 rings (SSSR count). The summed E-state index contributed by atoms with van der Waals surface area (Å²) in [5.74, 6) is -0.458. The first-order chi connectivity index (χ1) is 12.0. The van der Waals surface area contributed by atoms with E-state index in [2.05, 4.69) is 15.6 Å². The van der Waals surface area contributed by atoms with E-state index in [0.29, 0.717) is 5.69 Å². The molecule has 1 unspecified atom stereocenters. The molecule has 6 nitrogen and oxygen atoms in total. The van der Waals surface area contributed by atoms with Crippen molar-refractivity contribution in [2.45, 2.75) is 38.8 Å². The fourth-order valence-corrected chi connectivity index (χ4v) is 3.24. The highest BCUT2D eigenvalue weighted by Crippen LogP contribution is 2.24. The number of hydrogen-bond acceptors (Lipinski definition) is 4. The van der Waals surface area contributed by atoms with Crippen LogP contribution in [0.5, 0.6) is 0 Å². The van der Waals surface area contributed by atoms with Crippen molar-refractivity contribution in [2.75, 3.05) is 20.1 Å². The van der Waals surface area contributed by atoms with E-state index in [0.717, 1.165) is 37.2 Å². The Morgan fingerprint density at radius 1 is 1.32 bits per heavy atom. The molecule has 134 valence electrons. The summed E-state index contributed by atoms with van der Waals surface area (Å²) in [5.41, 5.74) is 2.06. The van der Waals surface area contributed by atoms with Crippen molar-refractivity contribution in [3.63, 3.8) is 0 Å². The number of amides is 1. The predicted octanol–water partition coefficient (Wildman–Crippen LogP) is 2.48. The van der Waals surface area contributed by atoms with Crippen LogP contribution < -0.4 is 5.32 Å². The van der Waals surface area contributed by atoms with Gasteiger partial charge in [0.25, 0.3) is 5.91 Å². The van der Waals surface area contributed by atoms with Crippen LogP contribution in [0.2, 0.25) is 0 Å². The normalized spacial score (nSPS) is 16.6. The average Bonchev–Trinajstić information content (AvgIpc) is 3.02. The predicted molar refractivity (Wildman–Crippen MR) is 92.8 cm³/mol. The van der Waals surface area contributed by atoms with Crippen molar-refractivity contribution in [3.8, 4) is 0 Å². The van der Waals surface area contributed by atoms with Crippen molar-refractivity contribution in [1.29, 1.82) is 0 Å². The number of benzene rings is 1. The van der Waals surface area contributed by atoms with Crippen LogP contribution in [0.1, 0.15) is 53.6 Å². The van der Waals surface area contributed by atoms with E-state index < -0.39 is 0 Å². The third-order valence-electron chi connectivity index (χ3n) is 5.04. The van der Waals surface area contributed by atoms with E-state index in [1.165, 1.54) is 12.1 Å². The first kappa shape index (κ1) is 17.5. The Bertz CT molecular complexity index is 736. The lowest BCUT2D eigenvalue weighted by Crippen LogP contribution is -2.31. The van der Waals surface area contributed by atoms with Crippen LogP contribution in [-0.4, -0.2) is 45.9 Å². The van der Waals surface area contributed by atoms with Gasteiger partial charge in [-0.15, -0.1) is 5.10 Å². The summed E-state index contributed by atoms with van der Waals surface area (Å²) in [7, 11) is 1.74. The van der Waals surface area contributed by atoms with Crippen molar-refractivity contribution in [2.24, 2.45) is 0 Å². The van der Waals surface area contributed by atoms with Crippen LogP contribution in [0.4, 0.5) is 4.39 Å². The second-order valence-corrected chi connectivity index (χ2v) is 6.59. The SMILES string of the molecule is Cc1c(C(=O)N(C)C(C)c2ccc(F)cc2)nnn1C1CCNCC1. The highest BCUT2D eigenvalue weighted by atomic mass is 19.1. The van der Waals surface area contributed by atoms with Crippen LogP contribution in [0.15, 0.2) is 24.3 Å². The van der Waals surface area contributed by atoms with Crippen LogP contribution in [-0.2, 0) is 0 Å². The molecule has 1 amide bonds. The maximum Gasteiger partial charge on any atom is 0.276 e. The van der Waals surface area contributed by atoms with Gasteiger partial charge in [-0.3, -0.25) is 4.79 Å². The molecule has 7 heteroatoms. The van der Waals surface area contributed by atoms with E-state index in [-0.39, 0.29) is 23.8 Å². The molecule has 2 heterocycles. The highest BCUT2D eigenvalue weighted by molar-refractivity contribution is 5.93. The van der Waals surface area contributed by atoms with Gasteiger partial charge in [0.05, 0.1) is 17.8 Å². The smallest absolute Gasteiger partial charge is 0.276 e. The first-order valence-electron chi connectivity index (χ1n) is 8.64. The van der Waals surface area contributed by atoms with Gasteiger partial charge in [-0.05, 0) is 57.5 Å². The summed E-state index contributed by atoms with van der Waals surface area (Å²) >= 11 is 0. The minimum absolute atomic E-state index is 0.172. The number of halogens is 1. The van der Waals surface area contributed by atoms with Gasteiger partial charge in [-0.25, -0.2) is 9.07 Å². The molecule has 0 bridgehead atoms. The quantitative estimate of drug-likeness (QED) is 0.925. The molecule has 1 atom stereocenters. The largest absolute Gasteiger partial charge is 0.333 e. The third kappa shape index (κ3) is 3.56. The molecule has 0 aliphatic carbocycles. The van der Waals surface area contributed by atoms with Gasteiger partial charge in [-0.2, -0.15) is 0 Å². The maximum absolute atomic E-state index is 13.1. The highest BCUT2D eigenvalue weighted by Gasteiger charge is 2.26. The Morgan fingerprint density at radius 2 is 1.96 bits per heavy atom. The van der Waals surface area contributed by atoms with E-state index in [1.807, 2.05) is 18.5 Å². The van der Waals surface area contributed by atoms with Gasteiger partial charge in [0, 0.05) is 7.05 Å². The average molecular weight is 345 g/mol. The van der Waals surface area contributed by atoms with Gasteiger partial charge in [0.15, 0.2) is 5.69 Å². The molecular formula is C18H24FN5O. The molecule has 1 saturated heterocycles. The second-order valence-electron chi connectivity index (χ2n) is 6.59. The van der Waals surface area contributed by atoms with Crippen LogP contribution in [0.3, 0.4) is 0 Å². The van der Waals surface area contributed by atoms with E-state index >= 15 is 0 Å². The number of nitrogens with one attached hydrogen (secondary N) is 1. The van der Waals surface area contributed by atoms with Crippen molar-refractivity contribution < 1.29 is 9.18 Å². The molecule has 1 aliphatic heterocycles. The van der Waals surface area contributed by atoms with E-state index in [1.54, 1.807) is 24.1 Å². The zero-order chi connectivity index (χ0) is 18.0. The van der Waals surface area contributed by atoms with Gasteiger partial charge in [0.2, 0.25) is 0 Å². The molecule has 1 aliphatic rings. The zero-order valence-corrected chi connectivity index (χ0v) is 14.9. The first-order valence-corrected chi connectivity index (χ1v) is 8.64. The number of carbonyl (C=O) groups excluding carboxylic acids is 1. The van der Waals surface area contributed by atoms with E-state index in [9.17, 15) is 9.18 Å². The topological polar surface area (TPSA) is 63.1 Å². The Hall–Kier alpha value is -2.28. The number of hydrogen-bond donors (Lipinski definition) is 1. The summed E-state index contributed by atoms with van der Waals surface area (Å²) < 4.78 is 15.0. The molecule has 2 aromatic rings. The fourth-order valence-electron chi connectivity index (χ4n) is 3.24. The summed E-state index contributed by atoms with van der Waals surface area (Å²) in [6.45, 7) is 5.72. The molecule has 1 N–H and O–H groups in total. The molecular weight excluding hydrogens is 321 g/mol. The molecule has 1 fully saturated rings. The van der Waals surface area contributed by atoms with Gasteiger partial charge >= 0.3 is 0 Å². The molecule has 25 heavy (non-hydrogen) atoms. The van der Waals surface area contributed by atoms with Gasteiger partial charge in [0.1, 0.15) is 5.82 Å². The monoisotopic (exact) mass is 345 g/mol. The number of aromatic nitrogens is 3. The van der Waals surface area contributed by atoms with Crippen molar-refractivity contribution in [1.82, 2.24) is 25.2 Å². The van der Waals surface area contributed by atoms with Gasteiger partial charge < -0.3 is 10.2 Å². The number of carbonyl (C=O) groups is 1. The standard InChI is InChI=1S/C18H24FN5O/c1-12(14-4-6-15(19)7-5-14)23(3)18(25)17-13(2)24(22-21-17)16-8-10-20-11-9-16/h4-7,12,16,20H,8-11H2,1-3H3. The number of nitrogens with zero attached hydrogens (tertiary/aromatic N) is 4. The Labute approximate surface area is 147 Å². The summed E-state index contributed by atoms with van der Waals surface area (Å²) in [4.78, 5) is 14.5. The lowest BCUT2D eigenvalue weighted by Gasteiger charge is -2.25. The lowest BCUT2D eigenvalue weighted by atomic mass is 10.1. The third-order valence-corrected chi connectivity index (χ3v) is 5.04. The molecule has 1 aromatic heterocycles. The number of piperidine rings is 1. The van der Waals surface area contributed by atoms with Crippen LogP contribution in [0, 0.1) is 12.7 Å². The lowest BCUT2D eigenvalue weighted by molar-refractivity contribution is 0.0735. The molecule has 0 radical (unpaired) electrons. The maximum atomic E-state index is 13.1. The summed E-state index contributed by atoms with van der Waals surface area (Å²) in [6.07, 6.45) is 1.97. The van der Waals surface area contributed by atoms with E-state index in [4.69, 9.17) is 0 Å². The Kier molecular flexibility index (Phi) is 5.13. The molecule has 0 saturated carbocycles. The zero-order valence-electron chi connectivity index (χ0n) is 14.9. The van der Waals surface area contributed by atoms with Gasteiger partial charge in [-0.1, -0.05) is 17.3 Å².